The molecule has 0 N–H and O–H groups in total. The maximum atomic E-state index is 13.1. The van der Waals surface area contributed by atoms with Crippen LogP contribution in [-0.2, 0) is 23.5 Å². The number of carbonyl (C=O) groups excluding carboxylic acids is 3. The average molecular weight is 470 g/mol. The van der Waals surface area contributed by atoms with Gasteiger partial charge in [-0.3, -0.25) is 14.4 Å². The van der Waals surface area contributed by atoms with E-state index in [0.29, 0.717) is 41.0 Å². The Morgan fingerprint density at radius 3 is 2.39 bits per heavy atom. The molecule has 2 aromatic heterocycles. The zero-order valence-corrected chi connectivity index (χ0v) is 20.2. The fourth-order valence-corrected chi connectivity index (χ4v) is 3.98. The lowest BCUT2D eigenvalue weighted by atomic mass is 10.1. The molecule has 0 saturated carbocycles. The molecule has 0 radical (unpaired) electrons. The lowest BCUT2D eigenvalue weighted by Gasteiger charge is -2.17. The number of anilines is 1. The third-order valence-corrected chi connectivity index (χ3v) is 5.96. The lowest BCUT2D eigenvalue weighted by molar-refractivity contribution is -0.107. The molecule has 0 unspecified atom stereocenters. The van der Waals surface area contributed by atoms with E-state index in [1.165, 1.54) is 28.5 Å². The highest BCUT2D eigenvalue weighted by Gasteiger charge is 2.27. The highest BCUT2D eigenvalue weighted by Crippen LogP contribution is 2.30. The Hall–Kier alpha value is -3.40. The van der Waals surface area contributed by atoms with Gasteiger partial charge in [-0.1, -0.05) is 43.0 Å². The highest BCUT2D eigenvalue weighted by atomic mass is 32.2. The van der Waals surface area contributed by atoms with Gasteiger partial charge in [-0.2, -0.15) is 0 Å². The first-order valence-corrected chi connectivity index (χ1v) is 11.4. The third kappa shape index (κ3) is 5.51. The number of oxazole rings is 1. The van der Waals surface area contributed by atoms with Crippen molar-refractivity contribution < 1.29 is 18.8 Å². The van der Waals surface area contributed by atoms with Crippen molar-refractivity contribution in [2.24, 2.45) is 0 Å². The van der Waals surface area contributed by atoms with Gasteiger partial charge < -0.3 is 18.8 Å². The molecule has 3 rings (SSSR count). The van der Waals surface area contributed by atoms with Gasteiger partial charge >= 0.3 is 0 Å². The maximum absolute atomic E-state index is 13.1. The Labute approximate surface area is 196 Å². The molecule has 0 spiro atoms. The van der Waals surface area contributed by atoms with E-state index in [0.717, 1.165) is 17.7 Å². The molecular formula is C23H27N5O4S. The van der Waals surface area contributed by atoms with Crippen molar-refractivity contribution in [3.63, 3.8) is 0 Å². The average Bonchev–Trinajstić information content (AvgIpc) is 3.41. The van der Waals surface area contributed by atoms with E-state index in [2.05, 4.69) is 9.97 Å². The van der Waals surface area contributed by atoms with Gasteiger partial charge in [0.15, 0.2) is 22.5 Å². The first kappa shape index (κ1) is 24.2. The maximum Gasteiger partial charge on any atom is 0.273 e. The number of aromatic nitrogens is 3. The Morgan fingerprint density at radius 1 is 1.15 bits per heavy atom. The number of thioether (sulfide) groups is 1. The predicted molar refractivity (Wildman–Crippen MR) is 126 cm³/mol. The van der Waals surface area contributed by atoms with Crippen LogP contribution >= 0.6 is 11.8 Å². The summed E-state index contributed by atoms with van der Waals surface area (Å²) >= 11 is 1.37. The van der Waals surface area contributed by atoms with Crippen molar-refractivity contribution in [3.05, 3.63) is 58.9 Å². The van der Waals surface area contributed by atoms with Crippen molar-refractivity contribution in [3.8, 4) is 0 Å². The second-order valence-electron chi connectivity index (χ2n) is 7.70. The smallest absolute Gasteiger partial charge is 0.273 e. The predicted octanol–water partition coefficient (Wildman–Crippen LogP) is 3.27. The highest BCUT2D eigenvalue weighted by molar-refractivity contribution is 7.98. The van der Waals surface area contributed by atoms with E-state index in [4.69, 9.17) is 4.42 Å². The summed E-state index contributed by atoms with van der Waals surface area (Å²) in [4.78, 5) is 48.0. The summed E-state index contributed by atoms with van der Waals surface area (Å²) in [7, 11) is 4.86. The Morgan fingerprint density at radius 2 is 1.85 bits per heavy atom. The van der Waals surface area contributed by atoms with Gasteiger partial charge in [-0.25, -0.2) is 9.97 Å². The minimum Gasteiger partial charge on any atom is -0.448 e. The summed E-state index contributed by atoms with van der Waals surface area (Å²) in [6.45, 7) is 3.85. The minimum absolute atomic E-state index is 0.0174. The molecule has 10 heteroatoms. The zero-order chi connectivity index (χ0) is 24.1. The van der Waals surface area contributed by atoms with Crippen LogP contribution in [0.5, 0.6) is 0 Å². The number of aryl methyl sites for hydroxylation is 1. The van der Waals surface area contributed by atoms with Crippen LogP contribution in [0, 0.1) is 0 Å². The Kier molecular flexibility index (Phi) is 7.70. The molecule has 1 aromatic carbocycles. The number of hydrogen-bond acceptors (Lipinski definition) is 7. The summed E-state index contributed by atoms with van der Waals surface area (Å²) in [5.41, 5.74) is 2.66. The van der Waals surface area contributed by atoms with Gasteiger partial charge in [0.2, 0.25) is 12.3 Å². The largest absolute Gasteiger partial charge is 0.448 e. The molecule has 0 saturated heterocycles. The van der Waals surface area contributed by atoms with Crippen molar-refractivity contribution in [2.75, 3.05) is 26.0 Å². The van der Waals surface area contributed by atoms with Crippen molar-refractivity contribution in [1.82, 2.24) is 19.4 Å². The summed E-state index contributed by atoms with van der Waals surface area (Å²) in [5, 5.41) is 0.552. The normalized spacial score (nSPS) is 10.8. The van der Waals surface area contributed by atoms with Crippen LogP contribution in [0.4, 0.5) is 5.82 Å². The van der Waals surface area contributed by atoms with Crippen LogP contribution in [0.15, 0.2) is 40.1 Å². The van der Waals surface area contributed by atoms with Gasteiger partial charge in [-0.15, -0.1) is 0 Å². The molecule has 174 valence electrons. The minimum atomic E-state index is -0.275. The number of nitrogens with zero attached hydrogens (tertiary/aromatic N) is 5. The second kappa shape index (κ2) is 10.5. The van der Waals surface area contributed by atoms with Crippen LogP contribution in [0.1, 0.15) is 51.8 Å². The summed E-state index contributed by atoms with van der Waals surface area (Å²) in [6, 6.07) is 7.21. The molecule has 0 aliphatic rings. The van der Waals surface area contributed by atoms with Crippen molar-refractivity contribution >= 4 is 35.7 Å². The van der Waals surface area contributed by atoms with Crippen molar-refractivity contribution in [2.45, 2.75) is 37.7 Å². The van der Waals surface area contributed by atoms with Gasteiger partial charge in [0.1, 0.15) is 6.26 Å². The SMILES string of the molecule is CCc1coc(CSc2nc(N(C)C=O)c(C(=O)N(C)C)n2Cc2ccc(C(C)=O)cc2)n1. The third-order valence-electron chi connectivity index (χ3n) is 5.00. The van der Waals surface area contributed by atoms with Gasteiger partial charge in [0.05, 0.1) is 18.0 Å². The molecule has 0 atom stereocenters. The van der Waals surface area contributed by atoms with E-state index in [1.54, 1.807) is 44.1 Å². The number of imidazole rings is 1. The lowest BCUT2D eigenvalue weighted by Crippen LogP contribution is -2.28. The van der Waals surface area contributed by atoms with Crippen LogP contribution < -0.4 is 4.90 Å². The van der Waals surface area contributed by atoms with E-state index in [-0.39, 0.29) is 17.5 Å². The number of amides is 2. The van der Waals surface area contributed by atoms with Gasteiger partial charge in [0.25, 0.3) is 5.91 Å². The van der Waals surface area contributed by atoms with Crippen LogP contribution in [0.25, 0.3) is 0 Å². The Balaban J connectivity index is 2.04. The van der Waals surface area contributed by atoms with E-state index >= 15 is 0 Å². The number of benzene rings is 1. The summed E-state index contributed by atoms with van der Waals surface area (Å²) in [5.74, 6) is 0.954. The fourth-order valence-electron chi connectivity index (χ4n) is 3.13. The van der Waals surface area contributed by atoms with E-state index in [1.807, 2.05) is 19.1 Å². The molecule has 2 heterocycles. The fraction of sp³-hybridized carbons (Fsp3) is 0.348. The molecule has 0 aliphatic heterocycles. The molecule has 2 amide bonds. The number of Topliss-reactive ketones (excluding diaryl/α,β-unsaturated/α-hetero) is 1. The number of rotatable bonds is 10. The topological polar surface area (TPSA) is 102 Å². The first-order chi connectivity index (χ1) is 15.7. The van der Waals surface area contributed by atoms with Crippen LogP contribution in [0.2, 0.25) is 0 Å². The van der Waals surface area contributed by atoms with Crippen LogP contribution in [0.3, 0.4) is 0 Å². The van der Waals surface area contributed by atoms with Gasteiger partial charge in [0, 0.05) is 26.7 Å². The molecule has 0 aliphatic carbocycles. The molecule has 0 bridgehead atoms. The monoisotopic (exact) mass is 469 g/mol. The van der Waals surface area contributed by atoms with E-state index in [9.17, 15) is 14.4 Å². The molecule has 9 nitrogen and oxygen atoms in total. The number of carbonyl (C=O) groups is 3. The molecule has 3 aromatic rings. The molecular weight excluding hydrogens is 442 g/mol. The van der Waals surface area contributed by atoms with Gasteiger partial charge in [-0.05, 0) is 18.9 Å². The van der Waals surface area contributed by atoms with Crippen molar-refractivity contribution in [1.29, 1.82) is 0 Å². The number of ketones is 1. The second-order valence-corrected chi connectivity index (χ2v) is 8.64. The Bertz CT molecular complexity index is 1150. The standard InChI is InChI=1S/C23H27N5O4S/c1-6-18-12-32-19(24-18)13-33-23-25-21(27(5)14-29)20(22(31)26(3)4)28(23)11-16-7-9-17(10-8-16)15(2)30/h7-10,12,14H,6,11,13H2,1-5H3. The number of hydrogen-bond donors (Lipinski definition) is 0. The zero-order valence-electron chi connectivity index (χ0n) is 19.4. The quantitative estimate of drug-likeness (QED) is 0.255. The summed E-state index contributed by atoms with van der Waals surface area (Å²) < 4.78 is 7.31. The molecule has 33 heavy (non-hydrogen) atoms. The molecule has 0 fully saturated rings. The summed E-state index contributed by atoms with van der Waals surface area (Å²) in [6.07, 6.45) is 3.02. The van der Waals surface area contributed by atoms with Crippen LogP contribution in [-0.4, -0.2) is 58.7 Å². The first-order valence-electron chi connectivity index (χ1n) is 10.4. The van der Waals surface area contributed by atoms with E-state index < -0.39 is 0 Å².